The topological polar surface area (TPSA) is 68.2 Å². The summed E-state index contributed by atoms with van der Waals surface area (Å²) >= 11 is 0. The molecule has 4 rings (SSSR count). The number of likely N-dealkylation sites (tertiary alicyclic amines) is 1. The minimum Gasteiger partial charge on any atom is -0.497 e. The van der Waals surface area contributed by atoms with E-state index in [1.165, 1.54) is 0 Å². The molecule has 1 heterocycles. The number of hydrogen-bond acceptors (Lipinski definition) is 5. The summed E-state index contributed by atoms with van der Waals surface area (Å²) in [4.78, 5) is 15.3. The molecule has 1 aliphatic carbocycles. The first-order valence-corrected chi connectivity index (χ1v) is 11.6. The number of fused-ring (bicyclic) bond motifs is 1. The number of methoxy groups -OCH3 is 3. The second-order valence-electron chi connectivity index (χ2n) is 8.90. The van der Waals surface area contributed by atoms with Gasteiger partial charge in [-0.05, 0) is 55.2 Å². The molecule has 0 bridgehead atoms. The van der Waals surface area contributed by atoms with Crippen molar-refractivity contribution < 1.29 is 24.1 Å². The summed E-state index contributed by atoms with van der Waals surface area (Å²) in [5.74, 6) is 2.04. The van der Waals surface area contributed by atoms with Crippen LogP contribution in [0.2, 0.25) is 0 Å². The molecule has 33 heavy (non-hydrogen) atoms. The largest absolute Gasteiger partial charge is 0.497 e. The van der Waals surface area contributed by atoms with Gasteiger partial charge in [-0.3, -0.25) is 4.79 Å². The maximum atomic E-state index is 13.4. The van der Waals surface area contributed by atoms with Crippen molar-refractivity contribution in [3.05, 3.63) is 59.7 Å². The molecule has 0 aromatic heterocycles. The van der Waals surface area contributed by atoms with Crippen molar-refractivity contribution in [3.63, 3.8) is 0 Å². The van der Waals surface area contributed by atoms with Crippen molar-refractivity contribution in [1.29, 1.82) is 0 Å². The summed E-state index contributed by atoms with van der Waals surface area (Å²) < 4.78 is 16.3. The van der Waals surface area contributed by atoms with E-state index in [1.807, 2.05) is 53.4 Å². The molecular weight excluding hydrogens is 418 g/mol. The van der Waals surface area contributed by atoms with Gasteiger partial charge in [-0.25, -0.2) is 0 Å². The molecule has 1 amide bonds. The van der Waals surface area contributed by atoms with Gasteiger partial charge >= 0.3 is 0 Å². The average molecular weight is 452 g/mol. The fourth-order valence-electron chi connectivity index (χ4n) is 5.35. The van der Waals surface area contributed by atoms with Crippen molar-refractivity contribution in [1.82, 2.24) is 4.90 Å². The van der Waals surface area contributed by atoms with Crippen molar-refractivity contribution in [2.75, 3.05) is 27.9 Å². The first kappa shape index (κ1) is 23.2. The first-order valence-electron chi connectivity index (χ1n) is 11.6. The number of rotatable bonds is 6. The summed E-state index contributed by atoms with van der Waals surface area (Å²) in [6, 6.07) is 13.0. The lowest BCUT2D eigenvalue weighted by Crippen LogP contribution is -2.56. The number of nitrogens with zero attached hydrogens (tertiary/aromatic N) is 1. The second kappa shape index (κ2) is 9.87. The number of ether oxygens (including phenoxy) is 3. The van der Waals surface area contributed by atoms with Crippen molar-refractivity contribution in [2.45, 2.75) is 43.7 Å². The van der Waals surface area contributed by atoms with Crippen LogP contribution in [0.1, 0.15) is 49.3 Å². The third-order valence-corrected chi connectivity index (χ3v) is 7.14. The van der Waals surface area contributed by atoms with E-state index >= 15 is 0 Å². The van der Waals surface area contributed by atoms with E-state index in [2.05, 4.69) is 0 Å². The highest BCUT2D eigenvalue weighted by molar-refractivity contribution is 5.92. The van der Waals surface area contributed by atoms with E-state index in [-0.39, 0.29) is 17.9 Å². The summed E-state index contributed by atoms with van der Waals surface area (Å²) in [6.07, 6.45) is 7.76. The van der Waals surface area contributed by atoms with Gasteiger partial charge in [0.25, 0.3) is 0 Å². The molecule has 1 aliphatic heterocycles. The zero-order valence-corrected chi connectivity index (χ0v) is 19.6. The Morgan fingerprint density at radius 2 is 1.73 bits per heavy atom. The van der Waals surface area contributed by atoms with Crippen LogP contribution in [0.3, 0.4) is 0 Å². The predicted molar refractivity (Wildman–Crippen MR) is 128 cm³/mol. The number of carbonyl (C=O) groups excluding carboxylic acids is 1. The molecule has 6 nitrogen and oxygen atoms in total. The van der Waals surface area contributed by atoms with Crippen LogP contribution < -0.4 is 14.2 Å². The average Bonchev–Trinajstić information content (AvgIpc) is 2.86. The van der Waals surface area contributed by atoms with Gasteiger partial charge in [0.05, 0.1) is 33.0 Å². The third-order valence-electron chi connectivity index (χ3n) is 7.14. The van der Waals surface area contributed by atoms with Gasteiger partial charge in [-0.1, -0.05) is 25.0 Å². The molecule has 0 radical (unpaired) electrons. The first-order chi connectivity index (χ1) is 16.0. The molecule has 2 fully saturated rings. The summed E-state index contributed by atoms with van der Waals surface area (Å²) in [5, 5.41) is 11.5. The normalized spacial score (nSPS) is 24.9. The van der Waals surface area contributed by atoms with E-state index in [0.717, 1.165) is 42.6 Å². The molecule has 1 saturated carbocycles. The fraction of sp³-hybridized carbons (Fsp3) is 0.444. The Bertz CT molecular complexity index is 1000. The lowest BCUT2D eigenvalue weighted by Gasteiger charge is -2.52. The zero-order valence-electron chi connectivity index (χ0n) is 19.6. The van der Waals surface area contributed by atoms with E-state index in [0.29, 0.717) is 24.5 Å². The number of benzene rings is 2. The van der Waals surface area contributed by atoms with Crippen molar-refractivity contribution in [2.24, 2.45) is 5.92 Å². The molecule has 6 heteroatoms. The number of aliphatic hydroxyl groups is 1. The van der Waals surface area contributed by atoms with Gasteiger partial charge in [-0.15, -0.1) is 0 Å². The molecule has 1 saturated heterocycles. The molecule has 2 unspecified atom stereocenters. The quantitative estimate of drug-likeness (QED) is 0.649. The minimum atomic E-state index is -0.760. The monoisotopic (exact) mass is 451 g/mol. The van der Waals surface area contributed by atoms with Gasteiger partial charge in [0.15, 0.2) is 0 Å². The molecule has 1 N–H and O–H groups in total. The summed E-state index contributed by atoms with van der Waals surface area (Å²) in [5.41, 5.74) is 1.08. The predicted octanol–water partition coefficient (Wildman–Crippen LogP) is 4.62. The molecule has 3 atom stereocenters. The smallest absolute Gasteiger partial charge is 0.247 e. The SMILES string of the molecule is COc1ccc(C=CC(=O)N2CCC3(O)CCCCC3[C@@H]2c2ccc(OC)cc2OC)cc1. The van der Waals surface area contributed by atoms with Crippen LogP contribution >= 0.6 is 0 Å². The van der Waals surface area contributed by atoms with Gasteiger partial charge in [0, 0.05) is 30.2 Å². The van der Waals surface area contributed by atoms with Gasteiger partial charge in [0.1, 0.15) is 17.2 Å². The Morgan fingerprint density at radius 1 is 1.00 bits per heavy atom. The Labute approximate surface area is 195 Å². The molecule has 0 spiro atoms. The highest BCUT2D eigenvalue weighted by Gasteiger charge is 2.50. The molecular formula is C27H33NO5. The van der Waals surface area contributed by atoms with Crippen LogP contribution in [0, 0.1) is 5.92 Å². The maximum absolute atomic E-state index is 13.4. The molecule has 2 aromatic carbocycles. The van der Waals surface area contributed by atoms with E-state index < -0.39 is 5.60 Å². The van der Waals surface area contributed by atoms with Gasteiger partial charge < -0.3 is 24.2 Å². The molecule has 2 aliphatic rings. The Kier molecular flexibility index (Phi) is 6.94. The minimum absolute atomic E-state index is 0.0411. The third kappa shape index (κ3) is 4.71. The number of piperidine rings is 1. The fourth-order valence-corrected chi connectivity index (χ4v) is 5.35. The van der Waals surface area contributed by atoms with E-state index in [4.69, 9.17) is 14.2 Å². The lowest BCUT2D eigenvalue weighted by atomic mass is 9.66. The van der Waals surface area contributed by atoms with Gasteiger partial charge in [0.2, 0.25) is 5.91 Å². The number of hydrogen-bond donors (Lipinski definition) is 1. The van der Waals surface area contributed by atoms with Crippen molar-refractivity contribution >= 4 is 12.0 Å². The van der Waals surface area contributed by atoms with E-state index in [9.17, 15) is 9.90 Å². The lowest BCUT2D eigenvalue weighted by molar-refractivity contribution is -0.151. The number of carbonyl (C=O) groups is 1. The summed E-state index contributed by atoms with van der Waals surface area (Å²) in [7, 11) is 4.88. The molecule has 2 aromatic rings. The second-order valence-corrected chi connectivity index (χ2v) is 8.90. The zero-order chi connectivity index (χ0) is 23.4. The highest BCUT2D eigenvalue weighted by atomic mass is 16.5. The van der Waals surface area contributed by atoms with Crippen LogP contribution in [0.5, 0.6) is 17.2 Å². The van der Waals surface area contributed by atoms with Crippen molar-refractivity contribution in [3.8, 4) is 17.2 Å². The Morgan fingerprint density at radius 3 is 2.42 bits per heavy atom. The maximum Gasteiger partial charge on any atom is 0.247 e. The number of amides is 1. The van der Waals surface area contributed by atoms with Crippen LogP contribution in [0.15, 0.2) is 48.5 Å². The van der Waals surface area contributed by atoms with Crippen LogP contribution in [-0.2, 0) is 4.79 Å². The van der Waals surface area contributed by atoms with Gasteiger partial charge in [-0.2, -0.15) is 0 Å². The van der Waals surface area contributed by atoms with E-state index in [1.54, 1.807) is 27.4 Å². The standard InChI is InChI=1S/C27H33NO5/c1-31-20-10-7-19(8-11-20)9-14-25(29)28-17-16-27(30)15-5-4-6-23(27)26(28)22-13-12-21(32-2)18-24(22)33-3/h7-14,18,23,26,30H,4-6,15-17H2,1-3H3/t23?,26-,27?/m0/s1. The van der Waals surface area contributed by atoms with Crippen LogP contribution in [0.4, 0.5) is 0 Å². The van der Waals surface area contributed by atoms with Crippen LogP contribution in [0.25, 0.3) is 6.08 Å². The highest BCUT2D eigenvalue weighted by Crippen LogP contribution is 2.51. The Hall–Kier alpha value is -2.99. The molecule has 176 valence electrons. The summed E-state index contributed by atoms with van der Waals surface area (Å²) in [6.45, 7) is 0.499. The Balaban J connectivity index is 1.68. The van der Waals surface area contributed by atoms with Crippen LogP contribution in [-0.4, -0.2) is 49.4 Å².